The molecule has 0 saturated carbocycles. The smallest absolute Gasteiger partial charge is 0.155 e. The van der Waals surface area contributed by atoms with Crippen molar-refractivity contribution in [3.05, 3.63) is 34.9 Å². The van der Waals surface area contributed by atoms with E-state index in [9.17, 15) is 0 Å². The van der Waals surface area contributed by atoms with Gasteiger partial charge in [-0.1, -0.05) is 31.5 Å². The molecule has 2 heterocycles. The largest absolute Gasteiger partial charge is 0.323 e. The lowest BCUT2D eigenvalue weighted by Gasteiger charge is -2.13. The molecule has 1 atom stereocenters. The van der Waals surface area contributed by atoms with Gasteiger partial charge in [0.2, 0.25) is 0 Å². The van der Waals surface area contributed by atoms with Crippen LogP contribution >= 0.6 is 11.6 Å². The molecule has 86 valence electrons. The molecule has 2 aromatic rings. The Labute approximate surface area is 100 Å². The van der Waals surface area contributed by atoms with Crippen LogP contribution in [0.4, 0.5) is 0 Å². The van der Waals surface area contributed by atoms with Gasteiger partial charge in [0.15, 0.2) is 5.15 Å². The van der Waals surface area contributed by atoms with Crippen molar-refractivity contribution in [2.24, 2.45) is 5.73 Å². The van der Waals surface area contributed by atoms with E-state index in [0.717, 1.165) is 17.0 Å². The van der Waals surface area contributed by atoms with Gasteiger partial charge in [-0.3, -0.25) is 4.40 Å². The second-order valence-electron chi connectivity index (χ2n) is 4.38. The van der Waals surface area contributed by atoms with E-state index >= 15 is 0 Å². The van der Waals surface area contributed by atoms with Gasteiger partial charge in [0.05, 0.1) is 5.52 Å². The van der Waals surface area contributed by atoms with E-state index in [4.69, 9.17) is 17.3 Å². The van der Waals surface area contributed by atoms with Crippen LogP contribution in [0.25, 0.3) is 5.52 Å². The average Bonchev–Trinajstić information content (AvgIpc) is 2.56. The molecule has 0 spiro atoms. The molecule has 2 N–H and O–H groups in total. The van der Waals surface area contributed by atoms with Gasteiger partial charge >= 0.3 is 0 Å². The van der Waals surface area contributed by atoms with E-state index in [2.05, 4.69) is 23.2 Å². The van der Waals surface area contributed by atoms with Crippen LogP contribution < -0.4 is 5.73 Å². The highest BCUT2D eigenvalue weighted by molar-refractivity contribution is 6.32. The summed E-state index contributed by atoms with van der Waals surface area (Å²) in [6.07, 6.45) is 0. The van der Waals surface area contributed by atoms with Crippen LogP contribution in [-0.4, -0.2) is 9.38 Å². The van der Waals surface area contributed by atoms with Crippen molar-refractivity contribution in [3.63, 3.8) is 0 Å². The number of hydrogen-bond donors (Lipinski definition) is 1. The molecule has 0 saturated heterocycles. The lowest BCUT2D eigenvalue weighted by molar-refractivity contribution is 0.707. The van der Waals surface area contributed by atoms with Crippen molar-refractivity contribution in [1.29, 1.82) is 0 Å². The van der Waals surface area contributed by atoms with Crippen LogP contribution in [0, 0.1) is 0 Å². The molecule has 0 bridgehead atoms. The zero-order chi connectivity index (χ0) is 11.9. The lowest BCUT2D eigenvalue weighted by atomic mass is 10.1. The number of aromatic nitrogens is 2. The minimum Gasteiger partial charge on any atom is -0.323 e. The molecule has 0 aromatic carbocycles. The predicted octanol–water partition coefficient (Wildman–Crippen LogP) is 3.13. The monoisotopic (exact) mass is 237 g/mol. The maximum atomic E-state index is 6.13. The highest BCUT2D eigenvalue weighted by Crippen LogP contribution is 2.26. The third-order valence-corrected chi connectivity index (χ3v) is 2.93. The van der Waals surface area contributed by atoms with E-state index in [1.165, 1.54) is 0 Å². The fourth-order valence-electron chi connectivity index (χ4n) is 1.89. The predicted molar refractivity (Wildman–Crippen MR) is 66.9 cm³/mol. The third-order valence-electron chi connectivity index (χ3n) is 2.66. The molecule has 0 amide bonds. The van der Waals surface area contributed by atoms with Crippen molar-refractivity contribution in [2.45, 2.75) is 32.7 Å². The van der Waals surface area contributed by atoms with Gasteiger partial charge in [-0.15, -0.1) is 0 Å². The number of pyridine rings is 1. The van der Waals surface area contributed by atoms with E-state index in [0.29, 0.717) is 11.1 Å². The average molecular weight is 238 g/mol. The van der Waals surface area contributed by atoms with Gasteiger partial charge in [0.1, 0.15) is 5.82 Å². The standard InChI is InChI=1S/C12H16ClN3/c1-7(2)12-15-11(13)10-6-4-5-9(8(3)14)16(10)12/h4-8H,14H2,1-3H3. The molecule has 0 fully saturated rings. The molecule has 2 rings (SSSR count). The fourth-order valence-corrected chi connectivity index (χ4v) is 2.13. The maximum Gasteiger partial charge on any atom is 0.155 e. The molecule has 16 heavy (non-hydrogen) atoms. The van der Waals surface area contributed by atoms with Gasteiger partial charge in [-0.25, -0.2) is 4.98 Å². The van der Waals surface area contributed by atoms with E-state index in [-0.39, 0.29) is 6.04 Å². The molecule has 0 aliphatic rings. The molecule has 0 aliphatic heterocycles. The number of halogens is 1. The summed E-state index contributed by atoms with van der Waals surface area (Å²) in [7, 11) is 0. The first kappa shape index (κ1) is 11.4. The zero-order valence-corrected chi connectivity index (χ0v) is 10.5. The summed E-state index contributed by atoms with van der Waals surface area (Å²) in [6.45, 7) is 6.17. The number of hydrogen-bond acceptors (Lipinski definition) is 2. The minimum atomic E-state index is -0.0357. The minimum absolute atomic E-state index is 0.0357. The number of fused-ring (bicyclic) bond motifs is 1. The van der Waals surface area contributed by atoms with Crippen molar-refractivity contribution in [3.8, 4) is 0 Å². The number of nitrogens with zero attached hydrogens (tertiary/aromatic N) is 2. The molecule has 2 aromatic heterocycles. The van der Waals surface area contributed by atoms with E-state index < -0.39 is 0 Å². The Bertz CT molecular complexity index is 514. The molecule has 4 heteroatoms. The van der Waals surface area contributed by atoms with E-state index in [1.54, 1.807) is 0 Å². The Hall–Kier alpha value is -1.06. The summed E-state index contributed by atoms with van der Waals surface area (Å²) in [6, 6.07) is 5.91. The van der Waals surface area contributed by atoms with Crippen molar-refractivity contribution in [1.82, 2.24) is 9.38 Å². The Morgan fingerprint density at radius 2 is 2.00 bits per heavy atom. The first-order chi connectivity index (χ1) is 7.52. The van der Waals surface area contributed by atoms with Crippen molar-refractivity contribution < 1.29 is 0 Å². The number of nitrogens with two attached hydrogens (primary N) is 1. The highest BCUT2D eigenvalue weighted by atomic mass is 35.5. The summed E-state index contributed by atoms with van der Waals surface area (Å²) in [5.41, 5.74) is 7.94. The second kappa shape index (κ2) is 4.07. The summed E-state index contributed by atoms with van der Waals surface area (Å²) in [5, 5.41) is 0.547. The summed E-state index contributed by atoms with van der Waals surface area (Å²) in [5.74, 6) is 1.28. The van der Waals surface area contributed by atoms with Crippen LogP contribution in [0.5, 0.6) is 0 Å². The van der Waals surface area contributed by atoms with E-state index in [1.807, 2.05) is 25.1 Å². The fraction of sp³-hybridized carbons (Fsp3) is 0.417. The SMILES string of the molecule is CC(C)c1nc(Cl)c2cccc(C(C)N)n12. The third kappa shape index (κ3) is 1.70. The topological polar surface area (TPSA) is 43.3 Å². The number of imidazole rings is 1. The Morgan fingerprint density at radius 1 is 1.31 bits per heavy atom. The normalized spacial score (nSPS) is 13.6. The van der Waals surface area contributed by atoms with Gasteiger partial charge in [-0.2, -0.15) is 0 Å². The maximum absolute atomic E-state index is 6.13. The molecule has 0 radical (unpaired) electrons. The van der Waals surface area contributed by atoms with Crippen molar-refractivity contribution >= 4 is 17.1 Å². The second-order valence-corrected chi connectivity index (χ2v) is 4.73. The highest BCUT2D eigenvalue weighted by Gasteiger charge is 2.16. The Kier molecular flexibility index (Phi) is 2.91. The van der Waals surface area contributed by atoms with Gasteiger partial charge in [-0.05, 0) is 19.1 Å². The molecule has 0 aliphatic carbocycles. The van der Waals surface area contributed by atoms with Crippen LogP contribution in [0.15, 0.2) is 18.2 Å². The Balaban J connectivity index is 2.83. The first-order valence-electron chi connectivity index (χ1n) is 5.44. The van der Waals surface area contributed by atoms with Crippen LogP contribution in [0.2, 0.25) is 5.15 Å². The van der Waals surface area contributed by atoms with Crippen LogP contribution in [0.3, 0.4) is 0 Å². The lowest BCUT2D eigenvalue weighted by Crippen LogP contribution is -2.12. The van der Waals surface area contributed by atoms with Crippen molar-refractivity contribution in [2.75, 3.05) is 0 Å². The van der Waals surface area contributed by atoms with Crippen LogP contribution in [-0.2, 0) is 0 Å². The quantitative estimate of drug-likeness (QED) is 0.872. The summed E-state index contributed by atoms with van der Waals surface area (Å²) < 4.78 is 2.07. The Morgan fingerprint density at radius 3 is 2.56 bits per heavy atom. The van der Waals surface area contributed by atoms with Gasteiger partial charge in [0.25, 0.3) is 0 Å². The molecule has 1 unspecified atom stereocenters. The van der Waals surface area contributed by atoms with Gasteiger partial charge in [0, 0.05) is 17.7 Å². The zero-order valence-electron chi connectivity index (χ0n) is 9.74. The first-order valence-corrected chi connectivity index (χ1v) is 5.82. The van der Waals surface area contributed by atoms with Gasteiger partial charge < -0.3 is 5.73 Å². The molecule has 3 nitrogen and oxygen atoms in total. The molecular weight excluding hydrogens is 222 g/mol. The summed E-state index contributed by atoms with van der Waals surface area (Å²) in [4.78, 5) is 4.41. The number of rotatable bonds is 2. The van der Waals surface area contributed by atoms with Crippen LogP contribution in [0.1, 0.15) is 44.2 Å². The molecular formula is C12H16ClN3. The summed E-state index contributed by atoms with van der Waals surface area (Å²) >= 11 is 6.13.